The fraction of sp³-hybridized carbons (Fsp3) is 0.385. The summed E-state index contributed by atoms with van der Waals surface area (Å²) in [7, 11) is 1.60. The molecule has 2 rings (SSSR count). The third-order valence-corrected chi connectivity index (χ3v) is 3.04. The highest BCUT2D eigenvalue weighted by atomic mass is 35.5. The first kappa shape index (κ1) is 12.9. The van der Waals surface area contributed by atoms with E-state index in [1.54, 1.807) is 19.5 Å². The molecule has 0 N–H and O–H groups in total. The van der Waals surface area contributed by atoms with E-state index in [0.717, 1.165) is 16.8 Å². The van der Waals surface area contributed by atoms with Gasteiger partial charge in [0.15, 0.2) is 0 Å². The third-order valence-electron chi connectivity index (χ3n) is 2.75. The first-order valence-corrected chi connectivity index (χ1v) is 6.33. The van der Waals surface area contributed by atoms with Crippen molar-refractivity contribution in [3.8, 4) is 17.1 Å². The summed E-state index contributed by atoms with van der Waals surface area (Å²) in [6, 6.07) is 4.12. The molecule has 96 valence electrons. The maximum Gasteiger partial charge on any atom is 0.213 e. The molecule has 0 aromatic carbocycles. The number of nitrogens with zero attached hydrogens (tertiary/aromatic N) is 3. The summed E-state index contributed by atoms with van der Waals surface area (Å²) in [6.45, 7) is 4.18. The average molecular weight is 266 g/mol. The van der Waals surface area contributed by atoms with E-state index in [-0.39, 0.29) is 0 Å². The van der Waals surface area contributed by atoms with Crippen LogP contribution in [0.1, 0.15) is 25.5 Å². The Hall–Kier alpha value is -1.55. The normalized spacial score (nSPS) is 10.9. The highest BCUT2D eigenvalue weighted by molar-refractivity contribution is 6.17. The van der Waals surface area contributed by atoms with Gasteiger partial charge in [-0.2, -0.15) is 5.10 Å². The summed E-state index contributed by atoms with van der Waals surface area (Å²) in [5, 5.41) is 4.32. The van der Waals surface area contributed by atoms with E-state index in [2.05, 4.69) is 23.9 Å². The summed E-state index contributed by atoms with van der Waals surface area (Å²) in [4.78, 5) is 4.24. The van der Waals surface area contributed by atoms with Gasteiger partial charge in [-0.15, -0.1) is 11.6 Å². The highest BCUT2D eigenvalue weighted by Gasteiger charge is 2.13. The second-order valence-corrected chi connectivity index (χ2v) is 4.54. The Labute approximate surface area is 112 Å². The van der Waals surface area contributed by atoms with Crippen LogP contribution in [0, 0.1) is 0 Å². The van der Waals surface area contributed by atoms with Crippen LogP contribution in [0.2, 0.25) is 0 Å². The van der Waals surface area contributed by atoms with Crippen LogP contribution in [0.25, 0.3) is 11.3 Å². The lowest BCUT2D eigenvalue weighted by atomic mass is 10.1. The van der Waals surface area contributed by atoms with Gasteiger partial charge in [0.05, 0.1) is 12.8 Å². The highest BCUT2D eigenvalue weighted by Crippen LogP contribution is 2.28. The number of aromatic nitrogens is 3. The lowest BCUT2D eigenvalue weighted by Crippen LogP contribution is -2.05. The van der Waals surface area contributed by atoms with Crippen LogP contribution >= 0.6 is 11.6 Å². The zero-order valence-electron chi connectivity index (χ0n) is 10.7. The number of hydrogen-bond acceptors (Lipinski definition) is 3. The molecule has 2 heterocycles. The van der Waals surface area contributed by atoms with Crippen molar-refractivity contribution in [3.05, 3.63) is 30.1 Å². The van der Waals surface area contributed by atoms with Crippen LogP contribution in [0.4, 0.5) is 0 Å². The molecular formula is C13H16ClN3O. The monoisotopic (exact) mass is 265 g/mol. The second-order valence-electron chi connectivity index (χ2n) is 4.27. The van der Waals surface area contributed by atoms with Crippen molar-refractivity contribution in [1.29, 1.82) is 0 Å². The Balaban J connectivity index is 2.53. The Morgan fingerprint density at radius 1 is 1.44 bits per heavy atom. The Morgan fingerprint density at radius 2 is 2.22 bits per heavy atom. The van der Waals surface area contributed by atoms with Gasteiger partial charge < -0.3 is 4.74 Å². The molecule has 5 heteroatoms. The minimum atomic E-state index is 0.292. The summed E-state index contributed by atoms with van der Waals surface area (Å²) in [5.74, 6) is 0.988. The second kappa shape index (κ2) is 5.40. The number of methoxy groups -OCH3 is 1. The number of pyridine rings is 1. The number of hydrogen-bond donors (Lipinski definition) is 0. The van der Waals surface area contributed by atoms with Gasteiger partial charge in [-0.05, 0) is 25.5 Å². The van der Waals surface area contributed by atoms with Crippen LogP contribution in [-0.2, 0) is 5.88 Å². The van der Waals surface area contributed by atoms with E-state index >= 15 is 0 Å². The standard InChI is InChI=1S/C13H16ClN3O/c1-9(2)17-12(4-5-16-17)11-8-15-13(18-3)6-10(11)7-14/h4-6,8-9H,7H2,1-3H3. The topological polar surface area (TPSA) is 39.9 Å². The average Bonchev–Trinajstić information content (AvgIpc) is 2.87. The first-order chi connectivity index (χ1) is 8.67. The Morgan fingerprint density at radius 3 is 2.83 bits per heavy atom. The quantitative estimate of drug-likeness (QED) is 0.797. The molecule has 18 heavy (non-hydrogen) atoms. The molecule has 0 saturated heterocycles. The van der Waals surface area contributed by atoms with E-state index in [9.17, 15) is 0 Å². The van der Waals surface area contributed by atoms with Crippen molar-refractivity contribution in [3.63, 3.8) is 0 Å². The molecule has 0 saturated carbocycles. The lowest BCUT2D eigenvalue weighted by molar-refractivity contribution is 0.397. The van der Waals surface area contributed by atoms with Crippen molar-refractivity contribution < 1.29 is 4.74 Å². The van der Waals surface area contributed by atoms with E-state index in [4.69, 9.17) is 16.3 Å². The van der Waals surface area contributed by atoms with Crippen LogP contribution < -0.4 is 4.74 Å². The largest absolute Gasteiger partial charge is 0.481 e. The summed E-state index contributed by atoms with van der Waals surface area (Å²) >= 11 is 6.00. The molecule has 0 aliphatic heterocycles. The molecule has 0 fully saturated rings. The van der Waals surface area contributed by atoms with E-state index < -0.39 is 0 Å². The summed E-state index contributed by atoms with van der Waals surface area (Å²) < 4.78 is 7.07. The summed E-state index contributed by atoms with van der Waals surface area (Å²) in [5.41, 5.74) is 3.01. The molecule has 0 atom stereocenters. The Kier molecular flexibility index (Phi) is 3.87. The molecule has 4 nitrogen and oxygen atoms in total. The smallest absolute Gasteiger partial charge is 0.213 e. The molecule has 0 spiro atoms. The van der Waals surface area contributed by atoms with Crippen molar-refractivity contribution >= 4 is 11.6 Å². The molecule has 0 aliphatic rings. The zero-order valence-corrected chi connectivity index (χ0v) is 11.5. The molecule has 2 aromatic rings. The fourth-order valence-corrected chi connectivity index (χ4v) is 2.09. The van der Waals surface area contributed by atoms with Crippen molar-refractivity contribution in [2.45, 2.75) is 25.8 Å². The zero-order chi connectivity index (χ0) is 13.1. The molecule has 0 unspecified atom stereocenters. The van der Waals surface area contributed by atoms with Gasteiger partial charge in [-0.3, -0.25) is 4.68 Å². The van der Waals surface area contributed by atoms with Crippen LogP contribution in [0.3, 0.4) is 0 Å². The van der Waals surface area contributed by atoms with E-state index in [0.29, 0.717) is 17.8 Å². The first-order valence-electron chi connectivity index (χ1n) is 5.80. The predicted molar refractivity (Wildman–Crippen MR) is 72.0 cm³/mol. The summed E-state index contributed by atoms with van der Waals surface area (Å²) in [6.07, 6.45) is 3.57. The number of ether oxygens (including phenoxy) is 1. The van der Waals surface area contributed by atoms with Gasteiger partial charge in [0.1, 0.15) is 0 Å². The molecular weight excluding hydrogens is 250 g/mol. The van der Waals surface area contributed by atoms with Crippen LogP contribution in [-0.4, -0.2) is 21.9 Å². The van der Waals surface area contributed by atoms with E-state index in [1.165, 1.54) is 0 Å². The van der Waals surface area contributed by atoms with Crippen molar-refractivity contribution in [2.24, 2.45) is 0 Å². The van der Waals surface area contributed by atoms with Crippen molar-refractivity contribution in [2.75, 3.05) is 7.11 Å². The molecule has 2 aromatic heterocycles. The van der Waals surface area contributed by atoms with Gasteiger partial charge in [-0.1, -0.05) is 0 Å². The third kappa shape index (κ3) is 2.34. The van der Waals surface area contributed by atoms with Crippen LogP contribution in [0.5, 0.6) is 5.88 Å². The fourth-order valence-electron chi connectivity index (χ4n) is 1.87. The number of rotatable bonds is 4. The molecule has 0 aliphatic carbocycles. The van der Waals surface area contributed by atoms with Gasteiger partial charge >= 0.3 is 0 Å². The minimum Gasteiger partial charge on any atom is -0.481 e. The minimum absolute atomic E-state index is 0.292. The predicted octanol–water partition coefficient (Wildman–Crippen LogP) is 3.27. The number of alkyl halides is 1. The molecule has 0 radical (unpaired) electrons. The molecule has 0 bridgehead atoms. The maximum atomic E-state index is 6.00. The van der Waals surface area contributed by atoms with Crippen molar-refractivity contribution in [1.82, 2.24) is 14.8 Å². The lowest BCUT2D eigenvalue weighted by Gasteiger charge is -2.13. The molecule has 0 amide bonds. The van der Waals surface area contributed by atoms with Crippen LogP contribution in [0.15, 0.2) is 24.5 Å². The van der Waals surface area contributed by atoms with Gasteiger partial charge in [0.25, 0.3) is 0 Å². The number of halogens is 1. The van der Waals surface area contributed by atoms with Gasteiger partial charge in [0, 0.05) is 35.9 Å². The van der Waals surface area contributed by atoms with E-state index in [1.807, 2.05) is 16.8 Å². The van der Waals surface area contributed by atoms with Gasteiger partial charge in [0.2, 0.25) is 5.88 Å². The maximum absolute atomic E-state index is 6.00. The SMILES string of the molecule is COc1cc(CCl)c(-c2ccnn2C(C)C)cn1. The van der Waals surface area contributed by atoms with Gasteiger partial charge in [-0.25, -0.2) is 4.98 Å². The Bertz CT molecular complexity index is 537.